The maximum Gasteiger partial charge on any atom is 0.253 e. The van der Waals surface area contributed by atoms with Crippen molar-refractivity contribution >= 4 is 17.0 Å². The lowest BCUT2D eigenvalue weighted by Crippen LogP contribution is -2.31. The van der Waals surface area contributed by atoms with Crippen molar-refractivity contribution in [3.63, 3.8) is 0 Å². The highest BCUT2D eigenvalue weighted by molar-refractivity contribution is 5.82. The number of benzene rings is 1. The van der Waals surface area contributed by atoms with E-state index in [0.717, 1.165) is 5.56 Å². The quantitative estimate of drug-likeness (QED) is 0.598. The number of nitrogens with zero attached hydrogens (tertiary/aromatic N) is 4. The number of imidazole rings is 1. The first-order valence-electron chi connectivity index (χ1n) is 9.79. The van der Waals surface area contributed by atoms with Gasteiger partial charge in [0, 0.05) is 18.7 Å². The average molecular weight is 414 g/mol. The van der Waals surface area contributed by atoms with Crippen molar-refractivity contribution in [1.29, 1.82) is 0 Å². The fraction of sp³-hybridized carbons (Fsp3) is 0.450. The highest BCUT2D eigenvalue weighted by atomic mass is 16.8. The van der Waals surface area contributed by atoms with Gasteiger partial charge < -0.3 is 29.7 Å². The Balaban J connectivity index is 1.42. The molecule has 0 aliphatic carbocycles. The number of ether oxygens (including phenoxy) is 3. The highest BCUT2D eigenvalue weighted by Gasteiger charge is 2.55. The molecule has 2 fully saturated rings. The lowest BCUT2D eigenvalue weighted by molar-refractivity contribution is -0.199. The minimum atomic E-state index is -0.753. The fourth-order valence-electron chi connectivity index (χ4n) is 4.01. The van der Waals surface area contributed by atoms with Crippen LogP contribution in [0.5, 0.6) is 5.75 Å². The third-order valence-electron chi connectivity index (χ3n) is 5.35. The van der Waals surface area contributed by atoms with Gasteiger partial charge in [-0.3, -0.25) is 4.57 Å². The van der Waals surface area contributed by atoms with Gasteiger partial charge in [-0.15, -0.1) is 0 Å². The SMILES string of the molecule is CC1(C)OC2C(O1)[C@@H](CO)O[C@H]2n1cnc2c(NCc3ccc([OH2+])cc3)ncnc21. The predicted molar refractivity (Wildman–Crippen MR) is 107 cm³/mol. The van der Waals surface area contributed by atoms with Crippen LogP contribution in [-0.2, 0) is 20.8 Å². The zero-order valence-electron chi connectivity index (χ0n) is 16.6. The molecule has 158 valence electrons. The van der Waals surface area contributed by atoms with Gasteiger partial charge in [-0.05, 0) is 31.5 Å². The van der Waals surface area contributed by atoms with Crippen molar-refractivity contribution in [2.75, 3.05) is 11.9 Å². The summed E-state index contributed by atoms with van der Waals surface area (Å²) in [5, 5.41) is 20.6. The molecule has 1 aromatic carbocycles. The van der Waals surface area contributed by atoms with E-state index in [1.165, 1.54) is 6.33 Å². The number of aliphatic hydroxyl groups is 1. The predicted octanol–water partition coefficient (Wildman–Crippen LogP) is 1.29. The van der Waals surface area contributed by atoms with Crippen LogP contribution >= 0.6 is 0 Å². The second kappa shape index (κ2) is 7.17. The maximum atomic E-state index is 9.72. The number of fused-ring (bicyclic) bond motifs is 2. The molecule has 3 aromatic rings. The molecule has 2 unspecified atom stereocenters. The molecule has 10 nitrogen and oxygen atoms in total. The Hall–Kier alpha value is -2.79. The number of hydrogen-bond acceptors (Lipinski definition) is 8. The van der Waals surface area contributed by atoms with Crippen LogP contribution < -0.4 is 5.32 Å². The summed E-state index contributed by atoms with van der Waals surface area (Å²) in [4.78, 5) is 13.2. The lowest BCUT2D eigenvalue weighted by Gasteiger charge is -2.24. The molecule has 0 radical (unpaired) electrons. The Morgan fingerprint density at radius 2 is 1.90 bits per heavy atom. The number of rotatable bonds is 5. The molecule has 2 aromatic heterocycles. The summed E-state index contributed by atoms with van der Waals surface area (Å²) in [5.74, 6) is 0.322. The first-order valence-corrected chi connectivity index (χ1v) is 9.79. The minimum Gasteiger partial charge on any atom is -0.593 e. The smallest absolute Gasteiger partial charge is 0.253 e. The molecule has 4 atom stereocenters. The lowest BCUT2D eigenvalue weighted by atomic mass is 10.1. The van der Waals surface area contributed by atoms with Gasteiger partial charge in [0.05, 0.1) is 12.9 Å². The Bertz CT molecular complexity index is 1050. The Morgan fingerprint density at radius 3 is 2.67 bits per heavy atom. The molecule has 0 amide bonds. The van der Waals surface area contributed by atoms with E-state index in [1.54, 1.807) is 23.0 Å². The number of aliphatic hydroxyl groups excluding tert-OH is 1. The van der Waals surface area contributed by atoms with E-state index in [4.69, 9.17) is 19.3 Å². The summed E-state index contributed by atoms with van der Waals surface area (Å²) >= 11 is 0. The fourth-order valence-corrected chi connectivity index (χ4v) is 4.01. The summed E-state index contributed by atoms with van der Waals surface area (Å²) in [6.45, 7) is 4.07. The van der Waals surface area contributed by atoms with Crippen molar-refractivity contribution in [1.82, 2.24) is 19.5 Å². The normalized spacial score (nSPS) is 27.4. The molecule has 2 aliphatic rings. The van der Waals surface area contributed by atoms with Crippen LogP contribution in [0.25, 0.3) is 11.2 Å². The van der Waals surface area contributed by atoms with Crippen molar-refractivity contribution in [3.05, 3.63) is 42.5 Å². The first-order chi connectivity index (χ1) is 14.4. The third-order valence-corrected chi connectivity index (χ3v) is 5.35. The molecule has 30 heavy (non-hydrogen) atoms. The summed E-state index contributed by atoms with van der Waals surface area (Å²) in [6, 6.07) is 7.29. The standard InChI is InChI=1S/C20H23N5O5/c1-20(2)29-15-13(8-26)28-19(16(15)30-20)25-10-24-14-17(22-9-23-18(14)25)21-7-11-3-5-12(27)6-4-11/h3-6,9-10,13,15-16,19,26-27H,7-8H2,1-2H3,(H,21,22,23)/p+1/t13-,15?,16?,19-/m1/s1. The van der Waals surface area contributed by atoms with Gasteiger partial charge >= 0.3 is 0 Å². The molecular weight excluding hydrogens is 390 g/mol. The maximum absolute atomic E-state index is 9.72. The number of hydrogen-bond donors (Lipinski definition) is 2. The van der Waals surface area contributed by atoms with Crippen LogP contribution in [0.2, 0.25) is 0 Å². The Kier molecular flexibility index (Phi) is 4.58. The van der Waals surface area contributed by atoms with Crippen molar-refractivity contribution in [2.45, 2.75) is 50.7 Å². The average Bonchev–Trinajstić information content (AvgIpc) is 3.38. The van der Waals surface area contributed by atoms with Gasteiger partial charge in [0.2, 0.25) is 0 Å². The zero-order chi connectivity index (χ0) is 20.9. The molecule has 2 aliphatic heterocycles. The van der Waals surface area contributed by atoms with E-state index in [1.807, 2.05) is 26.0 Å². The van der Waals surface area contributed by atoms with E-state index in [9.17, 15) is 5.11 Å². The molecule has 5 rings (SSSR count). The van der Waals surface area contributed by atoms with Gasteiger partial charge in [-0.1, -0.05) is 0 Å². The minimum absolute atomic E-state index is 0.164. The molecule has 10 heteroatoms. The van der Waals surface area contributed by atoms with E-state index in [-0.39, 0.29) is 18.8 Å². The van der Waals surface area contributed by atoms with E-state index >= 15 is 0 Å². The van der Waals surface area contributed by atoms with Crippen molar-refractivity contribution in [3.8, 4) is 5.75 Å². The summed E-state index contributed by atoms with van der Waals surface area (Å²) in [5.41, 5.74) is 2.24. The van der Waals surface area contributed by atoms with E-state index in [0.29, 0.717) is 29.3 Å². The van der Waals surface area contributed by atoms with Gasteiger partial charge in [0.15, 0.2) is 29.0 Å². The van der Waals surface area contributed by atoms with E-state index < -0.39 is 18.1 Å². The molecule has 0 spiro atoms. The molecule has 0 bridgehead atoms. The van der Waals surface area contributed by atoms with Gasteiger partial charge in [0.1, 0.15) is 24.6 Å². The Morgan fingerprint density at radius 1 is 1.13 bits per heavy atom. The number of aromatic nitrogens is 4. The van der Waals surface area contributed by atoms with Crippen LogP contribution in [0.4, 0.5) is 5.82 Å². The van der Waals surface area contributed by atoms with E-state index in [2.05, 4.69) is 20.3 Å². The van der Waals surface area contributed by atoms with Crippen LogP contribution in [0.1, 0.15) is 25.6 Å². The largest absolute Gasteiger partial charge is 0.593 e. The van der Waals surface area contributed by atoms with Crippen LogP contribution in [0.15, 0.2) is 36.9 Å². The van der Waals surface area contributed by atoms with Gasteiger partial charge in [-0.25, -0.2) is 15.0 Å². The topological polar surface area (TPSA) is 126 Å². The zero-order valence-corrected chi connectivity index (χ0v) is 16.6. The third kappa shape index (κ3) is 3.27. The molecule has 4 heterocycles. The first kappa shape index (κ1) is 19.2. The van der Waals surface area contributed by atoms with Crippen molar-refractivity contribution in [2.24, 2.45) is 0 Å². The molecule has 2 saturated heterocycles. The van der Waals surface area contributed by atoms with Crippen LogP contribution in [-0.4, -0.2) is 60.4 Å². The summed E-state index contributed by atoms with van der Waals surface area (Å²) < 4.78 is 19.8. The highest BCUT2D eigenvalue weighted by Crippen LogP contribution is 2.43. The number of nitrogens with one attached hydrogen (secondary N) is 1. The molecule has 0 saturated carbocycles. The molecular formula is C20H24N5O5+. The van der Waals surface area contributed by atoms with Crippen molar-refractivity contribution < 1.29 is 24.4 Å². The van der Waals surface area contributed by atoms with Crippen LogP contribution in [0, 0.1) is 0 Å². The summed E-state index contributed by atoms with van der Waals surface area (Å²) in [6.07, 6.45) is 1.36. The van der Waals surface area contributed by atoms with Gasteiger partial charge in [0.25, 0.3) is 5.75 Å². The second-order valence-electron chi connectivity index (χ2n) is 7.91. The summed E-state index contributed by atoms with van der Waals surface area (Å²) in [7, 11) is 0. The molecule has 4 N–H and O–H groups in total. The second-order valence-corrected chi connectivity index (χ2v) is 7.91. The monoisotopic (exact) mass is 414 g/mol. The Labute approximate surface area is 172 Å². The van der Waals surface area contributed by atoms with Gasteiger partial charge in [-0.2, -0.15) is 0 Å². The number of anilines is 1. The van der Waals surface area contributed by atoms with Crippen LogP contribution in [0.3, 0.4) is 0 Å².